The summed E-state index contributed by atoms with van der Waals surface area (Å²) in [5.74, 6) is 4.41. The zero-order chi connectivity index (χ0) is 21.8. The first kappa shape index (κ1) is 22.6. The molecule has 3 aliphatic carbocycles. The molecular weight excluding hydrogens is 370 g/mol. The third-order valence-electron chi connectivity index (χ3n) is 10.8. The van der Waals surface area contributed by atoms with E-state index in [9.17, 15) is 9.90 Å². The Bertz CT molecular complexity index is 647. The number of aliphatic hydroxyl groups excluding tert-OH is 1. The Hall–Kier alpha value is -0.570. The summed E-state index contributed by atoms with van der Waals surface area (Å²) in [7, 11) is 1.98. The van der Waals surface area contributed by atoms with Crippen molar-refractivity contribution >= 4 is 5.91 Å². The summed E-state index contributed by atoms with van der Waals surface area (Å²) < 4.78 is 0. The van der Waals surface area contributed by atoms with E-state index in [-0.39, 0.29) is 23.5 Å². The zero-order valence-electron chi connectivity index (χ0n) is 20.5. The molecule has 0 radical (unpaired) electrons. The first-order valence-corrected chi connectivity index (χ1v) is 13.0. The van der Waals surface area contributed by atoms with Gasteiger partial charge in [0.05, 0.1) is 6.10 Å². The molecule has 0 spiro atoms. The highest BCUT2D eigenvalue weighted by Gasteiger charge is 2.63. The second-order valence-electron chi connectivity index (χ2n) is 12.7. The number of hydrogen-bond acceptors (Lipinski definition) is 2. The lowest BCUT2D eigenvalue weighted by Gasteiger charge is -2.63. The molecule has 3 saturated carbocycles. The van der Waals surface area contributed by atoms with Gasteiger partial charge in [0, 0.05) is 19.5 Å². The van der Waals surface area contributed by atoms with Crippen molar-refractivity contribution in [3.8, 4) is 0 Å². The average molecular weight is 418 g/mol. The molecule has 1 N–H and O–H groups in total. The molecule has 0 bridgehead atoms. The van der Waals surface area contributed by atoms with Gasteiger partial charge in [-0.1, -0.05) is 53.9 Å². The molecule has 4 aliphatic rings. The lowest BCUT2D eigenvalue weighted by Crippen LogP contribution is -2.64. The van der Waals surface area contributed by atoms with Crippen molar-refractivity contribution < 1.29 is 9.90 Å². The summed E-state index contributed by atoms with van der Waals surface area (Å²) in [5.41, 5.74) is 0.591. The molecule has 4 fully saturated rings. The summed E-state index contributed by atoms with van der Waals surface area (Å²) in [6, 6.07) is 0.228. The number of nitrogens with zero attached hydrogens (tertiary/aromatic N) is 1. The molecule has 1 heterocycles. The maximum atomic E-state index is 12.4. The highest BCUT2D eigenvalue weighted by Crippen LogP contribution is 2.67. The number of amides is 1. The number of fused-ring (bicyclic) bond motifs is 5. The van der Waals surface area contributed by atoms with Gasteiger partial charge in [0.1, 0.15) is 0 Å². The first-order chi connectivity index (χ1) is 14.1. The van der Waals surface area contributed by atoms with E-state index in [2.05, 4.69) is 34.6 Å². The molecule has 3 heteroatoms. The molecule has 4 rings (SSSR count). The highest BCUT2D eigenvalue weighted by molar-refractivity contribution is 5.77. The van der Waals surface area contributed by atoms with Crippen LogP contribution >= 0.6 is 0 Å². The number of rotatable bonds is 5. The van der Waals surface area contributed by atoms with Gasteiger partial charge in [-0.25, -0.2) is 0 Å². The normalized spacial score (nSPS) is 47.1. The third kappa shape index (κ3) is 3.46. The van der Waals surface area contributed by atoms with Gasteiger partial charge in [0.2, 0.25) is 5.91 Å². The van der Waals surface area contributed by atoms with Gasteiger partial charge >= 0.3 is 0 Å². The maximum absolute atomic E-state index is 12.4. The molecule has 1 amide bonds. The van der Waals surface area contributed by atoms with Gasteiger partial charge < -0.3 is 10.0 Å². The van der Waals surface area contributed by atoms with Crippen LogP contribution in [0.5, 0.6) is 0 Å². The SMILES string of the molecule is CC(C)CCCC(C)C1CCC2C3C(CC[C@]12C)[C@@]1(C)CCC(=O)N(C)[C@@H]1C[C@@H]3O. The van der Waals surface area contributed by atoms with Gasteiger partial charge in [0.25, 0.3) is 0 Å². The Kier molecular flexibility index (Phi) is 6.10. The van der Waals surface area contributed by atoms with Crippen LogP contribution < -0.4 is 0 Å². The van der Waals surface area contributed by atoms with Crippen LogP contribution in [0.15, 0.2) is 0 Å². The fourth-order valence-electron chi connectivity index (χ4n) is 9.11. The van der Waals surface area contributed by atoms with Crippen LogP contribution in [-0.2, 0) is 4.79 Å². The first-order valence-electron chi connectivity index (χ1n) is 13.0. The number of hydrogen-bond donors (Lipinski definition) is 1. The summed E-state index contributed by atoms with van der Waals surface area (Å²) >= 11 is 0. The Morgan fingerprint density at radius 3 is 2.43 bits per heavy atom. The molecule has 0 aromatic heterocycles. The maximum Gasteiger partial charge on any atom is 0.222 e. The Morgan fingerprint density at radius 1 is 1.03 bits per heavy atom. The fourth-order valence-corrected chi connectivity index (χ4v) is 9.11. The monoisotopic (exact) mass is 417 g/mol. The third-order valence-corrected chi connectivity index (χ3v) is 10.8. The van der Waals surface area contributed by atoms with Gasteiger partial charge in [0.15, 0.2) is 0 Å². The van der Waals surface area contributed by atoms with E-state index in [1.54, 1.807) is 0 Å². The van der Waals surface area contributed by atoms with Crippen LogP contribution in [0.3, 0.4) is 0 Å². The predicted molar refractivity (Wildman–Crippen MR) is 123 cm³/mol. The van der Waals surface area contributed by atoms with Crippen molar-refractivity contribution in [1.29, 1.82) is 0 Å². The number of piperidine rings is 1. The van der Waals surface area contributed by atoms with E-state index >= 15 is 0 Å². The zero-order valence-corrected chi connectivity index (χ0v) is 20.5. The lowest BCUT2D eigenvalue weighted by molar-refractivity contribution is -0.181. The minimum atomic E-state index is -0.235. The van der Waals surface area contributed by atoms with Crippen LogP contribution in [0.1, 0.15) is 98.8 Å². The van der Waals surface area contributed by atoms with E-state index in [4.69, 9.17) is 0 Å². The molecule has 0 aromatic carbocycles. The predicted octanol–water partition coefficient (Wildman–Crippen LogP) is 5.90. The van der Waals surface area contributed by atoms with Crippen LogP contribution in [-0.4, -0.2) is 35.1 Å². The molecule has 1 aliphatic heterocycles. The summed E-state index contributed by atoms with van der Waals surface area (Å²) in [5, 5.41) is 11.4. The minimum Gasteiger partial charge on any atom is -0.393 e. The molecule has 30 heavy (non-hydrogen) atoms. The van der Waals surface area contributed by atoms with Gasteiger partial charge in [-0.15, -0.1) is 0 Å². The Labute approximate surface area is 185 Å². The average Bonchev–Trinajstić information content (AvgIpc) is 3.03. The molecular formula is C27H47NO2. The van der Waals surface area contributed by atoms with E-state index in [0.717, 1.165) is 30.6 Å². The number of aliphatic hydroxyl groups is 1. The van der Waals surface area contributed by atoms with Crippen LogP contribution in [0, 0.1) is 46.3 Å². The standard InChI is InChI=1S/C27H47NO2/c1-17(2)8-7-9-18(3)19-10-11-20-25-21(12-14-26(19,20)4)27(5)15-13-24(30)28(6)23(27)16-22(25)29/h17-23,25,29H,7-16H2,1-6H3/t18?,19?,20?,21?,22-,23+,25?,26+,27+/m0/s1. The van der Waals surface area contributed by atoms with Crippen molar-refractivity contribution in [1.82, 2.24) is 4.90 Å². The van der Waals surface area contributed by atoms with Crippen molar-refractivity contribution in [2.45, 2.75) is 111 Å². The van der Waals surface area contributed by atoms with Gasteiger partial charge in [-0.05, 0) is 84.9 Å². The van der Waals surface area contributed by atoms with E-state index in [1.807, 2.05) is 11.9 Å². The van der Waals surface area contributed by atoms with Crippen molar-refractivity contribution in [2.24, 2.45) is 46.3 Å². The molecule has 3 nitrogen and oxygen atoms in total. The van der Waals surface area contributed by atoms with E-state index < -0.39 is 0 Å². The largest absolute Gasteiger partial charge is 0.393 e. The second kappa shape index (κ2) is 8.09. The van der Waals surface area contributed by atoms with Crippen molar-refractivity contribution in [3.05, 3.63) is 0 Å². The highest BCUT2D eigenvalue weighted by atomic mass is 16.3. The second-order valence-corrected chi connectivity index (χ2v) is 12.7. The molecule has 0 aromatic rings. The smallest absolute Gasteiger partial charge is 0.222 e. The Balaban J connectivity index is 1.53. The van der Waals surface area contributed by atoms with Crippen LogP contribution in [0.2, 0.25) is 0 Å². The fraction of sp³-hybridized carbons (Fsp3) is 0.963. The quantitative estimate of drug-likeness (QED) is 0.605. The summed E-state index contributed by atoms with van der Waals surface area (Å²) in [6.07, 6.45) is 11.6. The number of likely N-dealkylation sites (tertiary alicyclic amines) is 1. The van der Waals surface area contributed by atoms with Crippen LogP contribution in [0.4, 0.5) is 0 Å². The Morgan fingerprint density at radius 2 is 1.73 bits per heavy atom. The molecule has 5 unspecified atom stereocenters. The lowest BCUT2D eigenvalue weighted by atomic mass is 9.45. The summed E-state index contributed by atoms with van der Waals surface area (Å²) in [6.45, 7) is 12.2. The van der Waals surface area contributed by atoms with E-state index in [1.165, 1.54) is 44.9 Å². The van der Waals surface area contributed by atoms with Crippen molar-refractivity contribution in [2.75, 3.05) is 7.05 Å². The van der Waals surface area contributed by atoms with Gasteiger partial charge in [-0.2, -0.15) is 0 Å². The number of carbonyl (C=O) groups excluding carboxylic acids is 1. The summed E-state index contributed by atoms with van der Waals surface area (Å²) in [4.78, 5) is 14.4. The topological polar surface area (TPSA) is 40.5 Å². The van der Waals surface area contributed by atoms with Crippen LogP contribution in [0.25, 0.3) is 0 Å². The van der Waals surface area contributed by atoms with Gasteiger partial charge in [-0.3, -0.25) is 4.79 Å². The molecule has 172 valence electrons. The molecule has 1 saturated heterocycles. The van der Waals surface area contributed by atoms with Crippen molar-refractivity contribution in [3.63, 3.8) is 0 Å². The molecule has 9 atom stereocenters. The van der Waals surface area contributed by atoms with E-state index in [0.29, 0.717) is 29.6 Å². The minimum absolute atomic E-state index is 0.189. The number of carbonyl (C=O) groups is 1.